The van der Waals surface area contributed by atoms with E-state index in [9.17, 15) is 29.1 Å². The zero-order valence-electron chi connectivity index (χ0n) is 43.1. The number of aliphatic hydroxyl groups is 1. The van der Waals surface area contributed by atoms with Crippen molar-refractivity contribution in [2.75, 3.05) is 52.7 Å². The number of nitrogens with zero attached hydrogens (tertiary/aromatic N) is 9. The summed E-state index contributed by atoms with van der Waals surface area (Å²) in [6, 6.07) is 15.1. The minimum Gasteiger partial charge on any atom is -0.392 e. The molecule has 3 fully saturated rings. The fourth-order valence-electron chi connectivity index (χ4n) is 12.1. The van der Waals surface area contributed by atoms with E-state index >= 15 is 0 Å². The van der Waals surface area contributed by atoms with E-state index in [0.717, 1.165) is 68.8 Å². The van der Waals surface area contributed by atoms with Crippen LogP contribution in [0.25, 0.3) is 11.1 Å². The van der Waals surface area contributed by atoms with Gasteiger partial charge in [0.2, 0.25) is 11.8 Å². The number of amides is 4. The van der Waals surface area contributed by atoms with Gasteiger partial charge in [0.05, 0.1) is 18.5 Å². The van der Waals surface area contributed by atoms with Gasteiger partial charge in [-0.2, -0.15) is 0 Å². The smallest absolute Gasteiger partial charge is 0.276 e. The highest BCUT2D eigenvalue weighted by molar-refractivity contribution is 6.07. The molecule has 5 aliphatic heterocycles. The number of hydrogen-bond donors (Lipinski definition) is 3. The molecule has 17 nitrogen and oxygen atoms in total. The third-order valence-electron chi connectivity index (χ3n) is 15.6. The molecule has 4 atom stereocenters. The van der Waals surface area contributed by atoms with Crippen molar-refractivity contribution in [1.29, 1.82) is 0 Å². The van der Waals surface area contributed by atoms with Gasteiger partial charge < -0.3 is 34.3 Å². The van der Waals surface area contributed by atoms with Crippen molar-refractivity contribution in [3.63, 3.8) is 0 Å². The maximum Gasteiger partial charge on any atom is 0.276 e. The first kappa shape index (κ1) is 42.1. The number of aryl methyl sites for hydroxylation is 1. The van der Waals surface area contributed by atoms with Crippen LogP contribution in [0.3, 0.4) is 0 Å². The molecule has 0 bridgehead atoms. The second-order valence-corrected chi connectivity index (χ2v) is 20.8. The van der Waals surface area contributed by atoms with Gasteiger partial charge in [0.15, 0.2) is 0 Å². The molecule has 3 saturated heterocycles. The predicted octanol–water partition coefficient (Wildman–Crippen LogP) is 4.99. The van der Waals surface area contributed by atoms with Crippen molar-refractivity contribution in [3.05, 3.63) is 111 Å². The van der Waals surface area contributed by atoms with Crippen molar-refractivity contribution in [2.45, 2.75) is 110 Å². The predicted molar refractivity (Wildman–Crippen MR) is 266 cm³/mol. The minimum absolute atomic E-state index is 0.0228. The van der Waals surface area contributed by atoms with Crippen LogP contribution >= 0.6 is 0 Å². The Kier molecular flexibility index (Phi) is 10.5. The second kappa shape index (κ2) is 17.5. The van der Waals surface area contributed by atoms with Gasteiger partial charge in [0.25, 0.3) is 17.4 Å². The molecule has 4 amide bonds. The molecule has 1 aliphatic carbocycles. The molecule has 70 heavy (non-hydrogen) atoms. The summed E-state index contributed by atoms with van der Waals surface area (Å²) in [6.45, 7) is 10.2. The van der Waals surface area contributed by atoms with E-state index in [0.29, 0.717) is 70.4 Å². The lowest BCUT2D eigenvalue weighted by atomic mass is 9.90. The Morgan fingerprint density at radius 3 is 2.43 bits per heavy atom. The quantitative estimate of drug-likeness (QED) is 0.169. The van der Waals surface area contributed by atoms with E-state index in [-0.39, 0.29) is 53.1 Å². The Morgan fingerprint density at radius 2 is 1.67 bits per heavy atom. The van der Waals surface area contributed by atoms with Crippen molar-refractivity contribution in [3.8, 4) is 11.1 Å². The highest BCUT2D eigenvalue weighted by Crippen LogP contribution is 2.41. The topological polar surface area (TPSA) is 181 Å². The minimum atomic E-state index is -2.83. The molecule has 17 heteroatoms. The molecule has 0 spiro atoms. The van der Waals surface area contributed by atoms with E-state index in [1.807, 2.05) is 24.3 Å². The number of fused-ring (bicyclic) bond motifs is 4. The largest absolute Gasteiger partial charge is 0.392 e. The highest BCUT2D eigenvalue weighted by atomic mass is 16.3. The molecule has 0 radical (unpaired) electrons. The van der Waals surface area contributed by atoms with Crippen molar-refractivity contribution >= 4 is 52.3 Å². The molecular formula is C53H61N11O6. The van der Waals surface area contributed by atoms with Gasteiger partial charge in [-0.3, -0.25) is 39.1 Å². The fourth-order valence-corrected chi connectivity index (χ4v) is 12.1. The van der Waals surface area contributed by atoms with E-state index in [1.54, 1.807) is 34.2 Å². The van der Waals surface area contributed by atoms with E-state index in [4.69, 9.17) is 4.11 Å². The summed E-state index contributed by atoms with van der Waals surface area (Å²) in [4.78, 5) is 85.3. The highest BCUT2D eigenvalue weighted by Gasteiger charge is 2.41. The Morgan fingerprint density at radius 1 is 0.843 bits per heavy atom. The lowest BCUT2D eigenvalue weighted by molar-refractivity contribution is -0.136. The Bertz CT molecular complexity index is 3130. The standard InChI is InChI=1S/C53H61N11O6/c1-31-20-36(13-15-60(31)37-6-8-40-34(21-37)29-64(50(40)68)43-9-11-47(66)57-49(43)67)59-16-17-61(32(2)27-59)38-7-10-46(55-26-38)56-42-22-35(28-58(5)51(42)69)39-12-14-54-48(41(39)30-65)63-19-18-62-44(52(63)70)23-33-24-53(3,4)25-45(33)62/h6-8,10,12,14,21-23,26,28,31-32,36,43,65H,9,11,13,15-20,24-25,27,29-30H2,1-5H3,(H,55,56)(H,57,66,67)/t31-,32-,36-,43?/m0/s1/i5D3. The number of carbonyl (C=O) groups excluding carboxylic acids is 4. The number of benzene rings is 1. The molecule has 5 aromatic rings. The summed E-state index contributed by atoms with van der Waals surface area (Å²) in [7, 11) is 0. The van der Waals surface area contributed by atoms with Gasteiger partial charge in [-0.15, -0.1) is 0 Å². The molecule has 4 aromatic heterocycles. The van der Waals surface area contributed by atoms with Gasteiger partial charge in [-0.25, -0.2) is 9.97 Å². The fraction of sp³-hybridized carbons (Fsp3) is 0.453. The third-order valence-corrected chi connectivity index (χ3v) is 15.6. The molecule has 0 saturated carbocycles. The number of carbonyl (C=O) groups is 4. The number of imide groups is 1. The molecule has 9 heterocycles. The molecular weight excluding hydrogens is 887 g/mol. The summed E-state index contributed by atoms with van der Waals surface area (Å²) in [6.07, 6.45) is 8.85. The Labute approximate surface area is 411 Å². The van der Waals surface area contributed by atoms with Crippen LogP contribution in [0.1, 0.15) is 101 Å². The summed E-state index contributed by atoms with van der Waals surface area (Å²) in [5.74, 6) is -0.477. The van der Waals surface area contributed by atoms with Gasteiger partial charge in [-0.05, 0) is 117 Å². The number of rotatable bonds is 9. The Balaban J connectivity index is 0.748. The first-order chi connectivity index (χ1) is 34.8. The summed E-state index contributed by atoms with van der Waals surface area (Å²) >= 11 is 0. The van der Waals surface area contributed by atoms with Gasteiger partial charge in [-0.1, -0.05) is 13.8 Å². The maximum absolute atomic E-state index is 14.1. The maximum atomic E-state index is 14.1. The molecule has 11 rings (SSSR count). The third kappa shape index (κ3) is 8.01. The number of piperidine rings is 2. The first-order valence-corrected chi connectivity index (χ1v) is 24.5. The SMILES string of the molecule is [2H]C([2H])([2H])n1cc(-c2ccnc(N3CCn4c(cc5c4CC(C)(C)C5)C3=O)c2CO)cc(Nc2ccc(N3CCN([C@H]4CCN(c5ccc6c(c5)CN(C5CCC(=O)NC5=O)C6=O)[C@@H](C)C4)C[C@@H]3C)cn2)c1=O. The lowest BCUT2D eigenvalue weighted by Gasteiger charge is -2.48. The number of nitrogens with one attached hydrogen (secondary N) is 2. The monoisotopic (exact) mass is 950 g/mol. The summed E-state index contributed by atoms with van der Waals surface area (Å²) < 4.78 is 27.6. The number of pyridine rings is 3. The second-order valence-electron chi connectivity index (χ2n) is 20.8. The average molecular weight is 951 g/mol. The van der Waals surface area contributed by atoms with Crippen LogP contribution in [-0.2, 0) is 49.1 Å². The molecule has 6 aliphatic rings. The number of hydrogen-bond acceptors (Lipinski definition) is 12. The van der Waals surface area contributed by atoms with Crippen LogP contribution in [0.4, 0.5) is 28.7 Å². The number of piperazine rings is 1. The lowest BCUT2D eigenvalue weighted by Crippen LogP contribution is -2.58. The normalized spacial score (nSPS) is 24.2. The van der Waals surface area contributed by atoms with E-state index < -0.39 is 31.1 Å². The zero-order chi connectivity index (χ0) is 51.2. The molecule has 3 N–H and O–H groups in total. The van der Waals surface area contributed by atoms with Crippen LogP contribution in [0.2, 0.25) is 0 Å². The van der Waals surface area contributed by atoms with Crippen molar-refractivity contribution < 1.29 is 28.4 Å². The summed E-state index contributed by atoms with van der Waals surface area (Å²) in [5.41, 5.74) is 6.91. The molecule has 1 aromatic carbocycles. The van der Waals surface area contributed by atoms with Gasteiger partial charge >= 0.3 is 0 Å². The van der Waals surface area contributed by atoms with E-state index in [1.165, 1.54) is 23.7 Å². The van der Waals surface area contributed by atoms with Crippen LogP contribution in [0, 0.1) is 5.41 Å². The van der Waals surface area contributed by atoms with Crippen LogP contribution in [0.5, 0.6) is 0 Å². The van der Waals surface area contributed by atoms with Crippen molar-refractivity contribution in [2.24, 2.45) is 12.4 Å². The Hall–Kier alpha value is -6.85. The van der Waals surface area contributed by atoms with Crippen LogP contribution in [0.15, 0.2) is 71.9 Å². The number of aliphatic hydroxyl groups excluding tert-OH is 1. The van der Waals surface area contributed by atoms with Gasteiger partial charge in [0.1, 0.15) is 29.1 Å². The average Bonchev–Trinajstić information content (AvgIpc) is 3.98. The first-order valence-electron chi connectivity index (χ1n) is 26.0. The van der Waals surface area contributed by atoms with E-state index in [2.05, 4.69) is 73.6 Å². The van der Waals surface area contributed by atoms with Crippen LogP contribution < -0.4 is 30.9 Å². The zero-order valence-corrected chi connectivity index (χ0v) is 40.1. The van der Waals surface area contributed by atoms with Crippen molar-refractivity contribution in [1.82, 2.24) is 34.2 Å². The van der Waals surface area contributed by atoms with Gasteiger partial charge in [0, 0.05) is 122 Å². The summed E-state index contributed by atoms with van der Waals surface area (Å²) in [5, 5.41) is 16.3. The number of anilines is 5. The number of aromatic nitrogens is 4. The molecule has 1 unspecified atom stereocenters. The van der Waals surface area contributed by atoms with Crippen LogP contribution in [-0.4, -0.2) is 115 Å². The molecule has 364 valence electrons.